The maximum Gasteiger partial charge on any atom is 0.255 e. The molecule has 3 aromatic carbocycles. The van der Waals surface area contributed by atoms with Crippen LogP contribution in [0.25, 0.3) is 0 Å². The molecule has 0 saturated heterocycles. The van der Waals surface area contributed by atoms with E-state index in [1.807, 2.05) is 66.7 Å². The van der Waals surface area contributed by atoms with Crippen molar-refractivity contribution in [1.29, 1.82) is 0 Å². The third kappa shape index (κ3) is 4.22. The Morgan fingerprint density at radius 2 is 1.85 bits per heavy atom. The van der Waals surface area contributed by atoms with Gasteiger partial charge in [-0.1, -0.05) is 36.4 Å². The lowest BCUT2D eigenvalue weighted by atomic mass is 10.0. The van der Waals surface area contributed by atoms with Gasteiger partial charge in [-0.25, -0.2) is 0 Å². The van der Waals surface area contributed by atoms with Crippen LogP contribution in [0.5, 0.6) is 17.2 Å². The molecule has 7 nitrogen and oxygen atoms in total. The van der Waals surface area contributed by atoms with Crippen LogP contribution in [0.3, 0.4) is 0 Å². The van der Waals surface area contributed by atoms with E-state index in [-0.39, 0.29) is 25.0 Å². The summed E-state index contributed by atoms with van der Waals surface area (Å²) >= 11 is 0. The minimum absolute atomic E-state index is 0.0602. The summed E-state index contributed by atoms with van der Waals surface area (Å²) in [6.07, 6.45) is 0.149. The number of rotatable bonds is 7. The molecule has 0 bridgehead atoms. The highest BCUT2D eigenvalue weighted by atomic mass is 16.7. The van der Waals surface area contributed by atoms with Crippen LogP contribution < -0.4 is 19.5 Å². The Balaban J connectivity index is 1.33. The normalized spacial score (nSPS) is 14.7. The number of fused-ring (bicyclic) bond motifs is 2. The molecule has 0 saturated carbocycles. The number of carbonyl (C=O) groups excluding carboxylic acids is 2. The summed E-state index contributed by atoms with van der Waals surface area (Å²) in [5, 5.41) is 2.97. The summed E-state index contributed by atoms with van der Waals surface area (Å²) in [6.45, 7) is 1.04. The molecule has 5 rings (SSSR count). The van der Waals surface area contributed by atoms with E-state index in [1.165, 1.54) is 0 Å². The lowest BCUT2D eigenvalue weighted by Crippen LogP contribution is -2.34. The highest BCUT2D eigenvalue weighted by Crippen LogP contribution is 2.35. The standard InChI is InChI=1S/C26H24N2O5/c1-31-20-9-7-18(8-10-20)22(28-15-19-4-2-3-5-21(19)26(28)30)13-25(29)27-14-17-6-11-23-24(12-17)33-16-32-23/h2-12,22H,13-16H2,1H3,(H,27,29)/t22-/m1/s1. The maximum absolute atomic E-state index is 13.1. The molecule has 0 aliphatic carbocycles. The molecule has 0 radical (unpaired) electrons. The van der Waals surface area contributed by atoms with Gasteiger partial charge in [0, 0.05) is 18.7 Å². The zero-order valence-corrected chi connectivity index (χ0v) is 18.2. The van der Waals surface area contributed by atoms with Crippen LogP contribution in [0.1, 0.15) is 39.5 Å². The third-order valence-corrected chi connectivity index (χ3v) is 6.03. The fourth-order valence-electron chi connectivity index (χ4n) is 4.26. The summed E-state index contributed by atoms with van der Waals surface area (Å²) in [7, 11) is 1.61. The molecule has 168 valence electrons. The molecule has 3 aromatic rings. The topological polar surface area (TPSA) is 77.1 Å². The smallest absolute Gasteiger partial charge is 0.255 e. The van der Waals surface area contributed by atoms with Gasteiger partial charge in [-0.3, -0.25) is 9.59 Å². The number of benzene rings is 3. The first-order valence-electron chi connectivity index (χ1n) is 10.8. The fourth-order valence-corrected chi connectivity index (χ4v) is 4.26. The van der Waals surface area contributed by atoms with Gasteiger partial charge < -0.3 is 24.4 Å². The molecule has 2 heterocycles. The first kappa shape index (κ1) is 20.9. The van der Waals surface area contributed by atoms with Gasteiger partial charge in [0.2, 0.25) is 12.7 Å². The van der Waals surface area contributed by atoms with Gasteiger partial charge in [-0.05, 0) is 47.0 Å². The van der Waals surface area contributed by atoms with Crippen LogP contribution in [0.2, 0.25) is 0 Å². The van der Waals surface area contributed by atoms with Crippen molar-refractivity contribution < 1.29 is 23.8 Å². The SMILES string of the molecule is COc1ccc([C@@H](CC(=O)NCc2ccc3c(c2)OCO3)N2Cc3ccccc3C2=O)cc1. The van der Waals surface area contributed by atoms with Crippen LogP contribution >= 0.6 is 0 Å². The second-order valence-electron chi connectivity index (χ2n) is 8.05. The predicted molar refractivity (Wildman–Crippen MR) is 121 cm³/mol. The number of nitrogens with one attached hydrogen (secondary N) is 1. The summed E-state index contributed by atoms with van der Waals surface area (Å²) < 4.78 is 16.0. The van der Waals surface area contributed by atoms with Gasteiger partial charge in [0.15, 0.2) is 11.5 Å². The summed E-state index contributed by atoms with van der Waals surface area (Å²) in [6, 6.07) is 20.3. The highest BCUT2D eigenvalue weighted by Gasteiger charge is 2.34. The molecule has 7 heteroatoms. The molecule has 1 atom stereocenters. The molecule has 0 aromatic heterocycles. The first-order valence-corrected chi connectivity index (χ1v) is 10.8. The van der Waals surface area contributed by atoms with Crippen LogP contribution in [-0.4, -0.2) is 30.6 Å². The molecule has 2 aliphatic rings. The summed E-state index contributed by atoms with van der Waals surface area (Å²) in [4.78, 5) is 27.9. The van der Waals surface area contributed by atoms with Gasteiger partial charge in [-0.2, -0.15) is 0 Å². The van der Waals surface area contributed by atoms with E-state index in [1.54, 1.807) is 12.0 Å². The number of nitrogens with zero attached hydrogens (tertiary/aromatic N) is 1. The van der Waals surface area contributed by atoms with Crippen molar-refractivity contribution >= 4 is 11.8 Å². The summed E-state index contributed by atoms with van der Waals surface area (Å²) in [5.74, 6) is 1.91. The van der Waals surface area contributed by atoms with Gasteiger partial charge >= 0.3 is 0 Å². The van der Waals surface area contributed by atoms with E-state index < -0.39 is 6.04 Å². The molecule has 2 amide bonds. The minimum atomic E-state index is -0.396. The quantitative estimate of drug-likeness (QED) is 0.599. The Morgan fingerprint density at radius 3 is 2.64 bits per heavy atom. The third-order valence-electron chi connectivity index (χ3n) is 6.03. The number of hydrogen-bond acceptors (Lipinski definition) is 5. The van der Waals surface area contributed by atoms with E-state index in [2.05, 4.69) is 5.32 Å². The van der Waals surface area contributed by atoms with Crippen LogP contribution in [0, 0.1) is 0 Å². The molecular formula is C26H24N2O5. The number of carbonyl (C=O) groups is 2. The highest BCUT2D eigenvalue weighted by molar-refractivity contribution is 5.98. The van der Waals surface area contributed by atoms with E-state index in [0.29, 0.717) is 30.2 Å². The van der Waals surface area contributed by atoms with Gasteiger partial charge in [-0.15, -0.1) is 0 Å². The van der Waals surface area contributed by atoms with Crippen LogP contribution in [0.15, 0.2) is 66.7 Å². The first-order chi connectivity index (χ1) is 16.1. The average Bonchev–Trinajstić information content (AvgIpc) is 3.45. The summed E-state index contributed by atoms with van der Waals surface area (Å²) in [5.41, 5.74) is 3.46. The van der Waals surface area contributed by atoms with Crippen molar-refractivity contribution in [2.75, 3.05) is 13.9 Å². The average molecular weight is 444 g/mol. The largest absolute Gasteiger partial charge is 0.497 e. The van der Waals surface area contributed by atoms with E-state index in [4.69, 9.17) is 14.2 Å². The Labute approximate surface area is 191 Å². The molecule has 0 fully saturated rings. The van der Waals surface area contributed by atoms with Gasteiger partial charge in [0.25, 0.3) is 5.91 Å². The zero-order valence-electron chi connectivity index (χ0n) is 18.2. The fraction of sp³-hybridized carbons (Fsp3) is 0.231. The Hall–Kier alpha value is -4.00. The van der Waals surface area contributed by atoms with E-state index in [0.717, 1.165) is 22.4 Å². The van der Waals surface area contributed by atoms with Gasteiger partial charge in [0.05, 0.1) is 19.6 Å². The monoisotopic (exact) mass is 444 g/mol. The van der Waals surface area contributed by atoms with Crippen LogP contribution in [-0.2, 0) is 17.9 Å². The van der Waals surface area contributed by atoms with Gasteiger partial charge in [0.1, 0.15) is 5.75 Å². The van der Waals surface area contributed by atoms with E-state index >= 15 is 0 Å². The maximum atomic E-state index is 13.1. The Bertz CT molecular complexity index is 1190. The molecule has 0 unspecified atom stereocenters. The Morgan fingerprint density at radius 1 is 1.06 bits per heavy atom. The van der Waals surface area contributed by atoms with Crippen molar-refractivity contribution in [3.8, 4) is 17.2 Å². The van der Waals surface area contributed by atoms with Crippen molar-refractivity contribution in [3.63, 3.8) is 0 Å². The Kier molecular flexibility index (Phi) is 5.60. The zero-order chi connectivity index (χ0) is 22.8. The lowest BCUT2D eigenvalue weighted by Gasteiger charge is -2.28. The van der Waals surface area contributed by atoms with Crippen molar-refractivity contribution in [2.45, 2.75) is 25.6 Å². The lowest BCUT2D eigenvalue weighted by molar-refractivity contribution is -0.122. The number of methoxy groups -OCH3 is 1. The van der Waals surface area contributed by atoms with Crippen molar-refractivity contribution in [2.24, 2.45) is 0 Å². The predicted octanol–water partition coefficient (Wildman–Crippen LogP) is 3.83. The van der Waals surface area contributed by atoms with Crippen molar-refractivity contribution in [3.05, 3.63) is 89.0 Å². The molecular weight excluding hydrogens is 420 g/mol. The second-order valence-corrected chi connectivity index (χ2v) is 8.05. The number of amides is 2. The number of hydrogen-bond donors (Lipinski definition) is 1. The molecule has 1 N–H and O–H groups in total. The van der Waals surface area contributed by atoms with Crippen LogP contribution in [0.4, 0.5) is 0 Å². The minimum Gasteiger partial charge on any atom is -0.497 e. The molecule has 33 heavy (non-hydrogen) atoms. The van der Waals surface area contributed by atoms with Crippen molar-refractivity contribution in [1.82, 2.24) is 10.2 Å². The number of ether oxygens (including phenoxy) is 3. The molecule has 2 aliphatic heterocycles. The van der Waals surface area contributed by atoms with E-state index in [9.17, 15) is 9.59 Å². The second kappa shape index (κ2) is 8.86. The molecule has 0 spiro atoms.